The first kappa shape index (κ1) is 43.0. The van der Waals surface area contributed by atoms with Crippen molar-refractivity contribution in [2.24, 2.45) is 0 Å². The minimum Gasteiger partial charge on any atom is -0.463 e. The number of unbranched alkanes of at least 4 members (excludes halogenated alkanes) is 1. The van der Waals surface area contributed by atoms with Crippen LogP contribution < -0.4 is 10.6 Å². The maximum Gasteiger partial charge on any atom is 0.330 e. The first-order valence-corrected chi connectivity index (χ1v) is 16.6. The Morgan fingerprint density at radius 3 is 1.70 bits per heavy atom. The van der Waals surface area contributed by atoms with E-state index in [0.717, 1.165) is 50.7 Å². The van der Waals surface area contributed by atoms with Gasteiger partial charge in [0.15, 0.2) is 0 Å². The fourth-order valence-electron chi connectivity index (χ4n) is 3.85. The molecule has 47 heavy (non-hydrogen) atoms. The zero-order valence-electron chi connectivity index (χ0n) is 28.2. The van der Waals surface area contributed by atoms with Crippen LogP contribution >= 0.6 is 0 Å². The lowest BCUT2D eigenvalue weighted by Gasteiger charge is -2.19. The van der Waals surface area contributed by atoms with Crippen LogP contribution in [0.2, 0.25) is 0 Å². The quantitative estimate of drug-likeness (QED) is 0.0293. The molecule has 262 valence electrons. The third-order valence-electron chi connectivity index (χ3n) is 6.27. The van der Waals surface area contributed by atoms with Crippen molar-refractivity contribution in [1.82, 2.24) is 10.6 Å². The largest absolute Gasteiger partial charge is 0.463 e. The lowest BCUT2D eigenvalue weighted by atomic mass is 10.1. The monoisotopic (exact) mass is 656 g/mol. The predicted molar refractivity (Wildman–Crippen MR) is 186 cm³/mol. The molecule has 0 rings (SSSR count). The molecule has 10 nitrogen and oxygen atoms in total. The van der Waals surface area contributed by atoms with Crippen LogP contribution in [-0.4, -0.2) is 66.1 Å². The average molecular weight is 657 g/mol. The van der Waals surface area contributed by atoms with Crippen LogP contribution in [0.1, 0.15) is 90.9 Å². The number of allylic oxidation sites excluding steroid dienone is 12. The molecular formula is C37H56N2O8. The molecule has 0 aromatic carbocycles. The number of esters is 2. The fourth-order valence-corrected chi connectivity index (χ4v) is 3.85. The molecule has 0 bridgehead atoms. The molecule has 4 N–H and O–H groups in total. The Bertz CT molecular complexity index is 1070. The van der Waals surface area contributed by atoms with E-state index in [1.165, 1.54) is 0 Å². The smallest absolute Gasteiger partial charge is 0.330 e. The summed E-state index contributed by atoms with van der Waals surface area (Å²) in [6.45, 7) is 3.02. The summed E-state index contributed by atoms with van der Waals surface area (Å²) in [4.78, 5) is 48.2. The van der Waals surface area contributed by atoms with Crippen molar-refractivity contribution in [3.63, 3.8) is 0 Å². The normalized spacial score (nSPS) is 13.0. The Hall–Kier alpha value is -4.02. The minimum atomic E-state index is -0.957. The number of ether oxygens (including phenoxy) is 2. The number of hydrogen-bond acceptors (Lipinski definition) is 8. The van der Waals surface area contributed by atoms with Gasteiger partial charge in [0, 0.05) is 25.0 Å². The number of nitrogens with one attached hydrogen (secondary N) is 2. The molecule has 0 aromatic rings. The highest BCUT2D eigenvalue weighted by atomic mass is 16.6. The Balaban J connectivity index is 4.49. The maximum atomic E-state index is 12.6. The van der Waals surface area contributed by atoms with E-state index in [-0.39, 0.29) is 25.4 Å². The third-order valence-corrected chi connectivity index (χ3v) is 6.27. The van der Waals surface area contributed by atoms with Gasteiger partial charge in [-0.2, -0.15) is 0 Å². The van der Waals surface area contributed by atoms with Gasteiger partial charge >= 0.3 is 11.9 Å². The highest BCUT2D eigenvalue weighted by Gasteiger charge is 2.16. The van der Waals surface area contributed by atoms with E-state index in [1.807, 2.05) is 12.2 Å². The number of amides is 2. The Morgan fingerprint density at radius 2 is 1.19 bits per heavy atom. The van der Waals surface area contributed by atoms with Gasteiger partial charge in [0.2, 0.25) is 11.8 Å². The molecule has 1 unspecified atom stereocenters. The summed E-state index contributed by atoms with van der Waals surface area (Å²) in [6, 6.07) is 0. The van der Waals surface area contributed by atoms with Crippen molar-refractivity contribution in [2.75, 3.05) is 19.8 Å². The molecule has 0 aliphatic heterocycles. The van der Waals surface area contributed by atoms with E-state index < -0.39 is 43.3 Å². The highest BCUT2D eigenvalue weighted by molar-refractivity contribution is 5.94. The zero-order chi connectivity index (χ0) is 34.8. The van der Waals surface area contributed by atoms with Gasteiger partial charge in [-0.3, -0.25) is 14.4 Å². The van der Waals surface area contributed by atoms with Gasteiger partial charge in [0.1, 0.15) is 12.3 Å². The molecule has 0 radical (unpaired) electrons. The van der Waals surface area contributed by atoms with Gasteiger partial charge in [-0.15, -0.1) is 0 Å². The molecule has 0 heterocycles. The van der Waals surface area contributed by atoms with Crippen LogP contribution in [0.15, 0.2) is 85.1 Å². The van der Waals surface area contributed by atoms with Gasteiger partial charge in [-0.25, -0.2) is 4.79 Å². The minimum absolute atomic E-state index is 0.0521. The summed E-state index contributed by atoms with van der Waals surface area (Å²) in [5.74, 6) is -2.04. The van der Waals surface area contributed by atoms with E-state index in [9.17, 15) is 19.2 Å². The van der Waals surface area contributed by atoms with Crippen LogP contribution in [0, 0.1) is 0 Å². The van der Waals surface area contributed by atoms with Crippen LogP contribution in [0.4, 0.5) is 0 Å². The Labute approximate surface area is 281 Å². The molecule has 10 heteroatoms. The molecule has 0 spiro atoms. The molecule has 1 atom stereocenters. The zero-order valence-corrected chi connectivity index (χ0v) is 28.2. The second kappa shape index (κ2) is 31.9. The summed E-state index contributed by atoms with van der Waals surface area (Å²) in [7, 11) is 0. The summed E-state index contributed by atoms with van der Waals surface area (Å²) >= 11 is 0. The van der Waals surface area contributed by atoms with Gasteiger partial charge in [0.25, 0.3) is 0 Å². The fraction of sp³-hybridized carbons (Fsp3) is 0.514. The number of carbonyl (C=O) groups excluding carboxylic acids is 4. The van der Waals surface area contributed by atoms with Crippen molar-refractivity contribution < 1.29 is 38.9 Å². The number of aliphatic hydroxyl groups excluding tert-OH is 2. The first-order chi connectivity index (χ1) is 22.9. The number of hydrogen-bond donors (Lipinski definition) is 4. The topological polar surface area (TPSA) is 151 Å². The second-order valence-electron chi connectivity index (χ2n) is 10.4. The molecule has 2 amide bonds. The molecule has 0 saturated carbocycles. The molecule has 0 aliphatic carbocycles. The molecule has 0 aliphatic rings. The number of carbonyl (C=O) groups is 4. The molecular weight excluding hydrogens is 600 g/mol. The SMILES string of the molecule is CC/C=C\CC=CC/C=C\C/C=C\C/C=C\C/C=C\CCC(=O)NC(CCCCC(=O)OC(CO)CO)NC(=O)/C=C/C(=O)OCC. The average Bonchev–Trinajstić information content (AvgIpc) is 3.05. The summed E-state index contributed by atoms with van der Waals surface area (Å²) in [6.07, 6.45) is 33.4. The van der Waals surface area contributed by atoms with E-state index in [4.69, 9.17) is 19.7 Å². The first-order valence-electron chi connectivity index (χ1n) is 16.6. The van der Waals surface area contributed by atoms with Crippen molar-refractivity contribution in [2.45, 2.75) is 103 Å². The van der Waals surface area contributed by atoms with Gasteiger partial charge < -0.3 is 30.3 Å². The summed E-state index contributed by atoms with van der Waals surface area (Å²) < 4.78 is 9.71. The third kappa shape index (κ3) is 29.1. The predicted octanol–water partition coefficient (Wildman–Crippen LogP) is 5.60. The standard InChI is InChI=1S/C37H56N2O8/c1-3-5-6-7-8-9-10-11-12-13-14-15-16-17-18-19-20-21-22-26-34(42)38-33(39-35(43)28-29-36(44)46-4-2)25-23-24-27-37(45)47-32(30-40)31-41/h5-6,8-9,11-12,14-15,17-18,20-21,28-29,32-33,40-41H,3-4,7,10,13,16,19,22-27,30-31H2,1-2H3,(H,38,42)(H,39,43)/b6-5-,9-8?,12-11-,15-14-,18-17-,21-20-,29-28+. The lowest BCUT2D eigenvalue weighted by Crippen LogP contribution is -2.47. The second-order valence-corrected chi connectivity index (χ2v) is 10.4. The van der Waals surface area contributed by atoms with Gasteiger partial charge in [-0.1, -0.05) is 79.8 Å². The lowest BCUT2D eigenvalue weighted by molar-refractivity contribution is -0.153. The molecule has 0 aromatic heterocycles. The van der Waals surface area contributed by atoms with E-state index in [0.29, 0.717) is 25.7 Å². The van der Waals surface area contributed by atoms with Crippen molar-refractivity contribution in [3.8, 4) is 0 Å². The number of aliphatic hydroxyl groups is 2. The Kier molecular flexibility index (Phi) is 29.2. The molecule has 0 fully saturated rings. The van der Waals surface area contributed by atoms with E-state index in [2.05, 4.69) is 78.3 Å². The van der Waals surface area contributed by atoms with E-state index >= 15 is 0 Å². The maximum absolute atomic E-state index is 12.6. The summed E-state index contributed by atoms with van der Waals surface area (Å²) in [5.41, 5.74) is 0. The van der Waals surface area contributed by atoms with Crippen molar-refractivity contribution in [1.29, 1.82) is 0 Å². The van der Waals surface area contributed by atoms with Crippen LogP contribution in [0.5, 0.6) is 0 Å². The van der Waals surface area contributed by atoms with Gasteiger partial charge in [0.05, 0.1) is 19.8 Å². The number of rotatable bonds is 27. The summed E-state index contributed by atoms with van der Waals surface area (Å²) in [5, 5.41) is 23.5. The Morgan fingerprint density at radius 1 is 0.660 bits per heavy atom. The van der Waals surface area contributed by atoms with Crippen LogP contribution in [0.25, 0.3) is 0 Å². The van der Waals surface area contributed by atoms with Crippen molar-refractivity contribution in [3.05, 3.63) is 85.1 Å². The van der Waals surface area contributed by atoms with Crippen LogP contribution in [0.3, 0.4) is 0 Å². The van der Waals surface area contributed by atoms with Crippen LogP contribution in [-0.2, 0) is 28.7 Å². The molecule has 0 saturated heterocycles. The van der Waals surface area contributed by atoms with Gasteiger partial charge in [-0.05, 0) is 71.1 Å². The highest BCUT2D eigenvalue weighted by Crippen LogP contribution is 2.06. The van der Waals surface area contributed by atoms with E-state index in [1.54, 1.807) is 6.92 Å². The van der Waals surface area contributed by atoms with Crippen molar-refractivity contribution >= 4 is 23.8 Å².